The number of carbonyl (C=O) groups is 15. The third-order valence-corrected chi connectivity index (χ3v) is 17.1. The molecule has 1 aliphatic heterocycles. The van der Waals surface area contributed by atoms with Crippen molar-refractivity contribution in [2.75, 3.05) is 41.5 Å². The number of primary amides is 3. The van der Waals surface area contributed by atoms with Crippen molar-refractivity contribution in [1.82, 2.24) is 57.7 Å². The summed E-state index contributed by atoms with van der Waals surface area (Å²) in [7, 11) is 4.62. The van der Waals surface area contributed by atoms with Gasteiger partial charge in [-0.3, -0.25) is 67.1 Å². The molecule has 578 valence electrons. The fraction of sp³-hybridized carbons (Fsp3) is 0.652. The molecule has 2 rings (SSSR count). The van der Waals surface area contributed by atoms with Crippen molar-refractivity contribution < 1.29 is 107 Å². The van der Waals surface area contributed by atoms with Crippen LogP contribution in [0.5, 0.6) is 5.75 Å². The van der Waals surface area contributed by atoms with Crippen LogP contribution in [0.3, 0.4) is 0 Å². The number of aliphatic hydroxyl groups is 3. The lowest BCUT2D eigenvalue weighted by molar-refractivity contribution is -0.161. The Labute approximate surface area is 597 Å². The topological polar surface area (TPSA) is 583 Å². The third-order valence-electron chi connectivity index (χ3n) is 17.1. The first-order chi connectivity index (χ1) is 47.9. The van der Waals surface area contributed by atoms with E-state index in [0.717, 1.165) is 44.2 Å². The molecule has 0 aromatic heterocycles. The number of cyclic esters (lactones) is 1. The smallest absolute Gasteiger partial charge is 0.328 e. The van der Waals surface area contributed by atoms with Gasteiger partial charge in [-0.25, -0.2) is 4.79 Å². The van der Waals surface area contributed by atoms with Crippen molar-refractivity contribution in [3.63, 3.8) is 0 Å². The Morgan fingerprint density at radius 2 is 1.25 bits per heavy atom. The normalized spacial score (nSPS) is 22.9. The van der Waals surface area contributed by atoms with E-state index in [1.165, 1.54) is 72.2 Å². The standard InChI is InChI=1S/C66H107N15O22/c1-29(2)24-31(5)16-19-40(84)26-45(86)74-51(53(88)56(70)90)63(97)77-49(36(10)82)61(95)76-48(34(8)67)60(94)75-47(32(6)33(7)55(69)89)59(93)78-50-37(11)103-66(100)35(9)80(12)65(99)52(54(102-15)38-17-20-39(83)21-18-38)79-58(92)43(22-23-44(68)85)81(13)64(98)41(25-30(3)4)72-46(87)27-71-57(91)42(28-101-14)73-62(50)96/h16-21,29-37,40-43,47-54,82-84,88H,22-28,67H2,1-15H3,(H2,68,85)(H2,69,89)(H2,70,90)(H,71,91)(H,72,87)(H,73,96)(H,74,86)(H,75,94)(H,76,95)(H,77,97)(H,78,93)(H,79,92)/b19-16-. The number of hydrogen-bond donors (Lipinski definition) is 17. The number of phenols is 1. The van der Waals surface area contributed by atoms with Crippen molar-refractivity contribution in [2.45, 2.75) is 205 Å². The van der Waals surface area contributed by atoms with Crippen LogP contribution in [-0.2, 0) is 86.1 Å². The van der Waals surface area contributed by atoms with E-state index in [-0.39, 0.29) is 29.6 Å². The van der Waals surface area contributed by atoms with Crippen LogP contribution in [0.1, 0.15) is 120 Å². The van der Waals surface area contributed by atoms with Crippen LogP contribution < -0.4 is 70.8 Å². The number of ether oxygens (including phenoxy) is 3. The molecule has 37 nitrogen and oxygen atoms in total. The van der Waals surface area contributed by atoms with Gasteiger partial charge in [0.25, 0.3) is 0 Å². The maximum absolute atomic E-state index is 15.0. The first kappa shape index (κ1) is 89.7. The molecule has 19 unspecified atom stereocenters. The Morgan fingerprint density at radius 1 is 0.680 bits per heavy atom. The number of hydrogen-bond acceptors (Lipinski definition) is 23. The van der Waals surface area contributed by atoms with Crippen molar-refractivity contribution in [3.05, 3.63) is 42.0 Å². The summed E-state index contributed by atoms with van der Waals surface area (Å²) in [5.74, 6) is -20.7. The highest BCUT2D eigenvalue weighted by atomic mass is 16.5. The van der Waals surface area contributed by atoms with E-state index in [0.29, 0.717) is 5.92 Å². The highest BCUT2D eigenvalue weighted by Crippen LogP contribution is 2.27. The third kappa shape index (κ3) is 28.0. The number of nitrogens with two attached hydrogens (primary N) is 4. The van der Waals surface area contributed by atoms with E-state index in [2.05, 4.69) is 47.9 Å². The highest BCUT2D eigenvalue weighted by Gasteiger charge is 2.45. The number of aromatic hydroxyl groups is 1. The Morgan fingerprint density at radius 3 is 1.78 bits per heavy atom. The predicted octanol–water partition coefficient (Wildman–Crippen LogP) is -6.03. The minimum atomic E-state index is -2.46. The second-order valence-corrected chi connectivity index (χ2v) is 26.7. The summed E-state index contributed by atoms with van der Waals surface area (Å²) in [6.07, 6.45) is -6.96. The Bertz CT molecular complexity index is 3170. The molecule has 0 aliphatic carbocycles. The summed E-state index contributed by atoms with van der Waals surface area (Å²) in [5, 5.41) is 63.3. The second-order valence-electron chi connectivity index (χ2n) is 26.7. The lowest BCUT2D eigenvalue weighted by atomic mass is 9.87. The maximum atomic E-state index is 15.0. The molecule has 103 heavy (non-hydrogen) atoms. The summed E-state index contributed by atoms with van der Waals surface area (Å²) >= 11 is 0. The molecule has 1 aromatic rings. The van der Waals surface area contributed by atoms with Crippen molar-refractivity contribution >= 4 is 88.7 Å². The molecule has 1 fully saturated rings. The summed E-state index contributed by atoms with van der Waals surface area (Å²) in [6, 6.07) is -15.0. The number of benzene rings is 1. The molecule has 1 heterocycles. The number of carbonyl (C=O) groups excluding carboxylic acids is 15. The van der Waals surface area contributed by atoms with Gasteiger partial charge >= 0.3 is 5.97 Å². The van der Waals surface area contributed by atoms with Gasteiger partial charge in [0, 0.05) is 46.7 Å². The molecule has 0 radical (unpaired) electrons. The Balaban J connectivity index is 2.85. The van der Waals surface area contributed by atoms with Gasteiger partial charge in [0.2, 0.25) is 82.7 Å². The van der Waals surface area contributed by atoms with Crippen LogP contribution in [0.15, 0.2) is 36.4 Å². The van der Waals surface area contributed by atoms with E-state index in [4.69, 9.17) is 37.1 Å². The van der Waals surface area contributed by atoms with Crippen molar-refractivity contribution in [3.8, 4) is 5.75 Å². The molecular formula is C66H107N15O22. The average Bonchev–Trinajstić information content (AvgIpc) is 0.836. The maximum Gasteiger partial charge on any atom is 0.328 e. The fourth-order valence-corrected chi connectivity index (χ4v) is 10.9. The number of esters is 1. The van der Waals surface area contributed by atoms with Gasteiger partial charge in [0.1, 0.15) is 78.4 Å². The molecule has 1 saturated heterocycles. The molecule has 1 aliphatic rings. The van der Waals surface area contributed by atoms with E-state index in [1.807, 2.05) is 20.8 Å². The van der Waals surface area contributed by atoms with E-state index in [9.17, 15) is 82.8 Å². The number of nitrogens with zero attached hydrogens (tertiary/aromatic N) is 2. The number of aliphatic hydroxyl groups excluding tert-OH is 3. The van der Waals surface area contributed by atoms with Crippen LogP contribution in [0.25, 0.3) is 0 Å². The van der Waals surface area contributed by atoms with Gasteiger partial charge < -0.3 is 115 Å². The van der Waals surface area contributed by atoms with Crippen molar-refractivity contribution in [2.24, 2.45) is 52.5 Å². The molecule has 19 atom stereocenters. The van der Waals surface area contributed by atoms with Gasteiger partial charge in [-0.15, -0.1) is 0 Å². The number of phenolic OH excluding ortho intramolecular Hbond substituents is 1. The number of rotatable bonds is 32. The molecule has 0 saturated carbocycles. The molecule has 1 aromatic carbocycles. The van der Waals surface area contributed by atoms with Gasteiger partial charge in [-0.05, 0) is 88.3 Å². The summed E-state index contributed by atoms with van der Waals surface area (Å²) in [5.41, 5.74) is 22.9. The average molecular weight is 1460 g/mol. The summed E-state index contributed by atoms with van der Waals surface area (Å²) in [6.45, 7) is 14.7. The van der Waals surface area contributed by atoms with E-state index >= 15 is 9.59 Å². The van der Waals surface area contributed by atoms with Crippen LogP contribution in [0, 0.1) is 29.6 Å². The summed E-state index contributed by atoms with van der Waals surface area (Å²) in [4.78, 5) is 211. The number of allylic oxidation sites excluding steroid dienone is 1. The van der Waals surface area contributed by atoms with Crippen molar-refractivity contribution in [1.29, 1.82) is 0 Å². The zero-order valence-corrected chi connectivity index (χ0v) is 60.9. The van der Waals surface area contributed by atoms with E-state index < -0.39 is 230 Å². The van der Waals surface area contributed by atoms with Gasteiger partial charge in [0.05, 0.1) is 31.8 Å². The second kappa shape index (κ2) is 42.2. The van der Waals surface area contributed by atoms with Crippen LogP contribution in [-0.4, -0.2) is 251 Å². The minimum Gasteiger partial charge on any atom is -0.508 e. The van der Waals surface area contributed by atoms with E-state index in [1.54, 1.807) is 19.9 Å². The fourth-order valence-electron chi connectivity index (χ4n) is 10.9. The van der Waals surface area contributed by atoms with Crippen LogP contribution in [0.4, 0.5) is 0 Å². The van der Waals surface area contributed by atoms with Gasteiger partial charge in [-0.2, -0.15) is 0 Å². The number of nitrogens with one attached hydrogen (secondary N) is 9. The zero-order valence-electron chi connectivity index (χ0n) is 60.9. The Hall–Kier alpha value is -9.43. The molecule has 21 N–H and O–H groups in total. The summed E-state index contributed by atoms with van der Waals surface area (Å²) < 4.78 is 16.8. The largest absolute Gasteiger partial charge is 0.508 e. The lowest BCUT2D eigenvalue weighted by Gasteiger charge is -2.36. The minimum absolute atomic E-state index is 0.00428. The predicted molar refractivity (Wildman–Crippen MR) is 367 cm³/mol. The molecule has 0 spiro atoms. The first-order valence-electron chi connectivity index (χ1n) is 33.5. The van der Waals surface area contributed by atoms with Gasteiger partial charge in [0.15, 0.2) is 6.10 Å². The number of methoxy groups -OCH3 is 2. The quantitative estimate of drug-likeness (QED) is 0.0236. The first-order valence-corrected chi connectivity index (χ1v) is 33.5. The number of amides is 14. The monoisotopic (exact) mass is 1460 g/mol. The molecule has 37 heteroatoms. The molecule has 14 amide bonds. The SMILES string of the molecule is COCC1NC(=O)C(NC(=O)C(NC(=O)C(NC(=O)C(NC(=O)C(NC(=O)CC(O)/C=C\C(C)CC(C)C)C(O)C(N)=O)C(C)O)C(C)N)C(C)C(C)C(N)=O)C(C)OC(=O)C(C)N(C)C(=O)C(C(OC)c2ccc(O)cc2)NC(=O)C(CCC(N)=O)N(C)C(=O)C(CC(C)C)NC(=O)CNC1=O. The lowest BCUT2D eigenvalue weighted by Crippen LogP contribution is -2.66. The molecular weight excluding hydrogens is 1350 g/mol. The zero-order chi connectivity index (χ0) is 78.8. The molecule has 0 bridgehead atoms. The van der Waals surface area contributed by atoms with Crippen LogP contribution >= 0.6 is 0 Å². The van der Waals surface area contributed by atoms with Crippen LogP contribution in [0.2, 0.25) is 0 Å². The Kier molecular flexibility index (Phi) is 36.8. The number of likely N-dealkylation sites (N-methyl/N-ethyl adjacent to an activating group) is 2. The highest BCUT2D eigenvalue weighted by molar-refractivity contribution is 6.01. The van der Waals surface area contributed by atoms with Gasteiger partial charge in [-0.1, -0.05) is 72.8 Å².